The Morgan fingerprint density at radius 3 is 2.88 bits per heavy atom. The minimum Gasteiger partial charge on any atom is -0.471 e. The van der Waals surface area contributed by atoms with Crippen LogP contribution >= 0.6 is 12.2 Å². The molecule has 0 aliphatic rings. The number of hydrogen-bond donors (Lipinski definition) is 1. The van der Waals surface area contributed by atoms with Gasteiger partial charge in [-0.2, -0.15) is 0 Å². The van der Waals surface area contributed by atoms with E-state index in [1.165, 1.54) is 0 Å². The van der Waals surface area contributed by atoms with Gasteiger partial charge in [0.25, 0.3) is 5.17 Å². The molecule has 2 nitrogen and oxygen atoms in total. The first-order valence-corrected chi connectivity index (χ1v) is 2.86. The van der Waals surface area contributed by atoms with Gasteiger partial charge in [0.15, 0.2) is 0 Å². The summed E-state index contributed by atoms with van der Waals surface area (Å²) in [6, 6.07) is 0. The number of rotatable bonds is 2. The lowest BCUT2D eigenvalue weighted by molar-refractivity contribution is 0.308. The molecule has 8 heavy (non-hydrogen) atoms. The van der Waals surface area contributed by atoms with E-state index in [-0.39, 0.29) is 0 Å². The zero-order valence-corrected chi connectivity index (χ0v) is 5.75. The molecule has 0 saturated heterocycles. The van der Waals surface area contributed by atoms with Crippen molar-refractivity contribution in [2.75, 3.05) is 13.7 Å². The van der Waals surface area contributed by atoms with Gasteiger partial charge in [-0.15, -0.1) is 0 Å². The van der Waals surface area contributed by atoms with Crippen LogP contribution in [0.4, 0.5) is 0 Å². The quantitative estimate of drug-likeness (QED) is 0.560. The molecule has 0 heterocycles. The van der Waals surface area contributed by atoms with Gasteiger partial charge in [-0.1, -0.05) is 0 Å². The van der Waals surface area contributed by atoms with Crippen LogP contribution in [0.5, 0.6) is 0 Å². The van der Waals surface area contributed by atoms with Crippen LogP contribution in [-0.4, -0.2) is 18.8 Å². The molecule has 1 radical (unpaired) electrons. The molecule has 0 rings (SSSR count). The molecule has 0 amide bonds. The van der Waals surface area contributed by atoms with Gasteiger partial charge < -0.3 is 10.1 Å². The van der Waals surface area contributed by atoms with Crippen molar-refractivity contribution in [1.82, 2.24) is 5.32 Å². The van der Waals surface area contributed by atoms with Gasteiger partial charge in [0, 0.05) is 7.05 Å². The van der Waals surface area contributed by atoms with E-state index < -0.39 is 0 Å². The van der Waals surface area contributed by atoms with E-state index in [1.807, 2.05) is 0 Å². The third-order valence-corrected chi connectivity index (χ3v) is 0.904. The van der Waals surface area contributed by atoms with Crippen molar-refractivity contribution in [2.45, 2.75) is 6.42 Å². The smallest absolute Gasteiger partial charge is 0.256 e. The molecule has 0 aromatic heterocycles. The Labute approximate surface area is 55.2 Å². The Bertz CT molecular complexity index is 74.8. The summed E-state index contributed by atoms with van der Waals surface area (Å²) in [6.07, 6.45) is 0.752. The Morgan fingerprint density at radius 1 is 1.88 bits per heavy atom. The standard InChI is InChI=1S/C5H10NOS/c1-3-4-7-5(8)6-2/h1,3-4H2,2H3,(H,6,8). The maximum Gasteiger partial charge on any atom is 0.256 e. The van der Waals surface area contributed by atoms with Crippen molar-refractivity contribution in [3.8, 4) is 0 Å². The molecule has 47 valence electrons. The second-order valence-electron chi connectivity index (χ2n) is 1.24. The second-order valence-corrected chi connectivity index (χ2v) is 1.61. The second kappa shape index (κ2) is 4.84. The lowest BCUT2D eigenvalue weighted by Gasteiger charge is -2.02. The van der Waals surface area contributed by atoms with Gasteiger partial charge in [0.05, 0.1) is 6.61 Å². The molecule has 1 N–H and O–H groups in total. The van der Waals surface area contributed by atoms with E-state index in [0.717, 1.165) is 6.42 Å². The summed E-state index contributed by atoms with van der Waals surface area (Å²) in [6.45, 7) is 4.18. The largest absolute Gasteiger partial charge is 0.471 e. The molecular weight excluding hydrogens is 122 g/mol. The first-order valence-electron chi connectivity index (χ1n) is 2.45. The van der Waals surface area contributed by atoms with Gasteiger partial charge in [-0.05, 0) is 25.6 Å². The SMILES string of the molecule is [CH2]CCOC(=S)NC. The third-order valence-electron chi connectivity index (χ3n) is 0.582. The highest BCUT2D eigenvalue weighted by Gasteiger charge is 1.86. The van der Waals surface area contributed by atoms with Crippen LogP contribution in [0.2, 0.25) is 0 Å². The van der Waals surface area contributed by atoms with Crippen molar-refractivity contribution in [3.05, 3.63) is 6.92 Å². The highest BCUT2D eigenvalue weighted by molar-refractivity contribution is 7.80. The maximum absolute atomic E-state index is 4.90. The molecule has 0 unspecified atom stereocenters. The summed E-state index contributed by atoms with van der Waals surface area (Å²) in [7, 11) is 1.73. The summed E-state index contributed by atoms with van der Waals surface area (Å²) < 4.78 is 4.90. The summed E-state index contributed by atoms with van der Waals surface area (Å²) in [5.41, 5.74) is 0. The molecule has 0 bridgehead atoms. The Balaban J connectivity index is 2.99. The van der Waals surface area contributed by atoms with Crippen LogP contribution in [-0.2, 0) is 4.74 Å². The van der Waals surface area contributed by atoms with Crippen molar-refractivity contribution in [2.24, 2.45) is 0 Å². The molecule has 3 heteroatoms. The lowest BCUT2D eigenvalue weighted by Crippen LogP contribution is -2.18. The van der Waals surface area contributed by atoms with Crippen LogP contribution in [0.25, 0.3) is 0 Å². The lowest BCUT2D eigenvalue weighted by atomic mass is 10.5. The normalized spacial score (nSPS) is 8.25. The summed E-state index contributed by atoms with van der Waals surface area (Å²) in [4.78, 5) is 0. The van der Waals surface area contributed by atoms with E-state index in [1.54, 1.807) is 7.05 Å². The predicted octanol–water partition coefficient (Wildman–Crippen LogP) is 0.731. The Hall–Kier alpha value is -0.310. The first-order chi connectivity index (χ1) is 3.81. The summed E-state index contributed by atoms with van der Waals surface area (Å²) >= 11 is 4.66. The number of ether oxygens (including phenoxy) is 1. The Kier molecular flexibility index (Phi) is 4.65. The summed E-state index contributed by atoms with van der Waals surface area (Å²) in [5, 5.41) is 3.12. The topological polar surface area (TPSA) is 21.3 Å². The highest BCUT2D eigenvalue weighted by Crippen LogP contribution is 1.79. The number of thiocarbonyl (C=S) groups is 1. The fourth-order valence-corrected chi connectivity index (χ4v) is 0.320. The highest BCUT2D eigenvalue weighted by atomic mass is 32.1. The van der Waals surface area contributed by atoms with Gasteiger partial charge in [0.1, 0.15) is 0 Å². The van der Waals surface area contributed by atoms with Crippen molar-refractivity contribution < 1.29 is 4.74 Å². The average molecular weight is 132 g/mol. The molecule has 0 atom stereocenters. The van der Waals surface area contributed by atoms with Crippen LogP contribution < -0.4 is 5.32 Å². The van der Waals surface area contributed by atoms with Crippen LogP contribution in [0.3, 0.4) is 0 Å². The minimum absolute atomic E-state index is 0.439. The molecule has 0 aromatic rings. The monoisotopic (exact) mass is 132 g/mol. The fourth-order valence-electron chi connectivity index (χ4n) is 0.237. The van der Waals surface area contributed by atoms with Gasteiger partial charge in [-0.3, -0.25) is 0 Å². The predicted molar refractivity (Wildman–Crippen MR) is 37.6 cm³/mol. The third kappa shape index (κ3) is 3.87. The van der Waals surface area contributed by atoms with Crippen LogP contribution in [0.15, 0.2) is 0 Å². The van der Waals surface area contributed by atoms with Crippen LogP contribution in [0.1, 0.15) is 6.42 Å². The molecule has 0 saturated carbocycles. The van der Waals surface area contributed by atoms with E-state index in [2.05, 4.69) is 24.5 Å². The molecule has 0 aliphatic carbocycles. The van der Waals surface area contributed by atoms with E-state index in [0.29, 0.717) is 11.8 Å². The number of nitrogens with one attached hydrogen (secondary N) is 1. The zero-order chi connectivity index (χ0) is 6.41. The van der Waals surface area contributed by atoms with E-state index in [9.17, 15) is 0 Å². The van der Waals surface area contributed by atoms with Crippen molar-refractivity contribution in [3.63, 3.8) is 0 Å². The molecular formula is C5H10NOS. The Morgan fingerprint density at radius 2 is 2.50 bits per heavy atom. The number of hydrogen-bond acceptors (Lipinski definition) is 2. The first kappa shape index (κ1) is 7.69. The van der Waals surface area contributed by atoms with E-state index >= 15 is 0 Å². The van der Waals surface area contributed by atoms with Gasteiger partial charge in [-0.25, -0.2) is 0 Å². The van der Waals surface area contributed by atoms with Crippen molar-refractivity contribution in [1.29, 1.82) is 0 Å². The molecule has 0 spiro atoms. The average Bonchev–Trinajstić information content (AvgIpc) is 1.83. The molecule has 0 fully saturated rings. The molecule has 0 aliphatic heterocycles. The maximum atomic E-state index is 4.90. The van der Waals surface area contributed by atoms with Gasteiger partial charge in [0.2, 0.25) is 0 Å². The van der Waals surface area contributed by atoms with Crippen LogP contribution in [0, 0.1) is 6.92 Å². The molecule has 0 aromatic carbocycles. The zero-order valence-electron chi connectivity index (χ0n) is 4.94. The fraction of sp³-hybridized carbons (Fsp3) is 0.600. The van der Waals surface area contributed by atoms with Gasteiger partial charge >= 0.3 is 0 Å². The summed E-state index contributed by atoms with van der Waals surface area (Å²) in [5.74, 6) is 0. The van der Waals surface area contributed by atoms with Crippen molar-refractivity contribution >= 4 is 17.4 Å². The minimum atomic E-state index is 0.439. The van der Waals surface area contributed by atoms with E-state index in [4.69, 9.17) is 4.74 Å².